The predicted octanol–water partition coefficient (Wildman–Crippen LogP) is 0.559. The predicted molar refractivity (Wildman–Crippen MR) is 112 cm³/mol. The minimum atomic E-state index is -0.0342. The zero-order valence-electron chi connectivity index (χ0n) is 17.3. The second-order valence-electron chi connectivity index (χ2n) is 7.65. The average Bonchev–Trinajstić information content (AvgIpc) is 2.64. The molecule has 1 unspecified atom stereocenters. The standard InChI is InChI=1S/C23H38N2O.ClH/c1-4-23(26)24-22(19-14-20-25(2)3)18-13-8-6-5-7-10-15-21-16-11-9-12-17-21;/h4,9,11-12,16-17,22H,1,5-8,10,13-15,18-20H2,2-3H3,(H,24,26);1H. The van der Waals surface area contributed by atoms with E-state index < -0.39 is 0 Å². The molecule has 0 saturated carbocycles. The second-order valence-corrected chi connectivity index (χ2v) is 7.65. The first kappa shape index (κ1) is 25.7. The van der Waals surface area contributed by atoms with Gasteiger partial charge >= 0.3 is 0 Å². The Hall–Kier alpha value is -1.32. The van der Waals surface area contributed by atoms with Crippen molar-refractivity contribution in [1.29, 1.82) is 0 Å². The smallest absolute Gasteiger partial charge is 0.243 e. The van der Waals surface area contributed by atoms with Crippen molar-refractivity contribution in [3.8, 4) is 0 Å². The first-order valence-electron chi connectivity index (χ1n) is 10.4. The molecule has 2 N–H and O–H groups in total. The number of aryl methyl sites for hydroxylation is 1. The molecule has 0 saturated heterocycles. The third-order valence-electron chi connectivity index (χ3n) is 4.87. The van der Waals surface area contributed by atoms with Gasteiger partial charge in [0.05, 0.1) is 20.6 Å². The molecule has 27 heavy (non-hydrogen) atoms. The van der Waals surface area contributed by atoms with Crippen molar-refractivity contribution in [2.75, 3.05) is 20.6 Å². The van der Waals surface area contributed by atoms with E-state index in [2.05, 4.69) is 56.3 Å². The van der Waals surface area contributed by atoms with Crippen molar-refractivity contribution in [3.05, 3.63) is 48.6 Å². The molecule has 1 rings (SSSR count). The van der Waals surface area contributed by atoms with Crippen LogP contribution in [-0.4, -0.2) is 32.6 Å². The van der Waals surface area contributed by atoms with Gasteiger partial charge in [-0.1, -0.05) is 69.0 Å². The van der Waals surface area contributed by atoms with Crippen LogP contribution in [0, 0.1) is 0 Å². The van der Waals surface area contributed by atoms with Crippen LogP contribution in [0.5, 0.6) is 0 Å². The highest BCUT2D eigenvalue weighted by Crippen LogP contribution is 2.13. The van der Waals surface area contributed by atoms with Crippen LogP contribution in [-0.2, 0) is 11.2 Å². The number of nitrogens with one attached hydrogen (secondary N) is 2. The van der Waals surface area contributed by atoms with Crippen molar-refractivity contribution in [1.82, 2.24) is 5.32 Å². The summed E-state index contributed by atoms with van der Waals surface area (Å²) in [6, 6.07) is 11.1. The number of carbonyl (C=O) groups excluding carboxylic acids is 1. The van der Waals surface area contributed by atoms with E-state index >= 15 is 0 Å². The van der Waals surface area contributed by atoms with Gasteiger partial charge < -0.3 is 22.6 Å². The molecule has 0 heterocycles. The van der Waals surface area contributed by atoms with Crippen molar-refractivity contribution < 1.29 is 22.1 Å². The molecular weight excluding hydrogens is 356 g/mol. The first-order chi connectivity index (χ1) is 12.6. The van der Waals surface area contributed by atoms with Crippen LogP contribution >= 0.6 is 0 Å². The molecule has 154 valence electrons. The molecule has 0 spiro atoms. The molecule has 0 radical (unpaired) electrons. The van der Waals surface area contributed by atoms with Gasteiger partial charge in [-0.2, -0.15) is 0 Å². The molecule has 0 bridgehead atoms. The summed E-state index contributed by atoms with van der Waals surface area (Å²) in [7, 11) is 4.35. The Morgan fingerprint density at radius 3 is 2.22 bits per heavy atom. The highest BCUT2D eigenvalue weighted by molar-refractivity contribution is 5.87. The van der Waals surface area contributed by atoms with Crippen molar-refractivity contribution in [2.24, 2.45) is 0 Å². The average molecular weight is 395 g/mol. The van der Waals surface area contributed by atoms with E-state index in [4.69, 9.17) is 0 Å². The monoisotopic (exact) mass is 394 g/mol. The fourth-order valence-electron chi connectivity index (χ4n) is 3.32. The van der Waals surface area contributed by atoms with Crippen LogP contribution < -0.4 is 22.6 Å². The molecule has 1 amide bonds. The SMILES string of the molecule is C=CC(=O)NC(CCCCCCCCc1ccccc1)CCC[NH+](C)C.[Cl-]. The number of hydrogen-bond donors (Lipinski definition) is 2. The van der Waals surface area contributed by atoms with E-state index in [9.17, 15) is 4.79 Å². The lowest BCUT2D eigenvalue weighted by Gasteiger charge is -2.18. The van der Waals surface area contributed by atoms with Crippen LogP contribution in [0.15, 0.2) is 43.0 Å². The molecule has 0 aliphatic carbocycles. The minimum Gasteiger partial charge on any atom is -1.00 e. The zero-order chi connectivity index (χ0) is 19.0. The minimum absolute atomic E-state index is 0. The highest BCUT2D eigenvalue weighted by Gasteiger charge is 2.11. The molecular formula is C23H39ClN2O. The summed E-state index contributed by atoms with van der Waals surface area (Å²) in [5.74, 6) is -0.0342. The fourth-order valence-corrected chi connectivity index (χ4v) is 3.32. The van der Waals surface area contributed by atoms with Crippen molar-refractivity contribution in [2.45, 2.75) is 70.3 Å². The van der Waals surface area contributed by atoms with E-state index in [1.54, 1.807) is 0 Å². The number of hydrogen-bond acceptors (Lipinski definition) is 1. The van der Waals surface area contributed by atoms with Gasteiger partial charge in [-0.15, -0.1) is 0 Å². The third-order valence-corrected chi connectivity index (χ3v) is 4.87. The summed E-state index contributed by atoms with van der Waals surface area (Å²) in [6.45, 7) is 4.72. The lowest BCUT2D eigenvalue weighted by atomic mass is 10.0. The Morgan fingerprint density at radius 1 is 1.00 bits per heavy atom. The maximum Gasteiger partial charge on any atom is 0.243 e. The van der Waals surface area contributed by atoms with Crippen LogP contribution in [0.1, 0.15) is 63.4 Å². The van der Waals surface area contributed by atoms with E-state index in [1.165, 1.54) is 61.5 Å². The molecule has 3 nitrogen and oxygen atoms in total. The van der Waals surface area contributed by atoms with Crippen LogP contribution in [0.2, 0.25) is 0 Å². The molecule has 1 aromatic rings. The summed E-state index contributed by atoms with van der Waals surface area (Å²) in [6.07, 6.45) is 13.6. The van der Waals surface area contributed by atoms with Gasteiger partial charge in [0.1, 0.15) is 0 Å². The van der Waals surface area contributed by atoms with Crippen molar-refractivity contribution in [3.63, 3.8) is 0 Å². The summed E-state index contributed by atoms with van der Waals surface area (Å²) >= 11 is 0. The molecule has 0 fully saturated rings. The molecule has 4 heteroatoms. The number of benzene rings is 1. The van der Waals surface area contributed by atoms with Crippen molar-refractivity contribution >= 4 is 5.91 Å². The Morgan fingerprint density at radius 2 is 1.59 bits per heavy atom. The fraction of sp³-hybridized carbons (Fsp3) is 0.609. The van der Waals surface area contributed by atoms with Crippen LogP contribution in [0.3, 0.4) is 0 Å². The Labute approximate surface area is 173 Å². The number of unbranched alkanes of at least 4 members (excludes halogenated alkanes) is 5. The number of carbonyl (C=O) groups is 1. The Balaban J connectivity index is 0.00000676. The normalized spacial score (nSPS) is 11.7. The Kier molecular flexibility index (Phi) is 16.0. The van der Waals surface area contributed by atoms with E-state index in [0.717, 1.165) is 25.8 Å². The van der Waals surface area contributed by atoms with Gasteiger partial charge in [-0.3, -0.25) is 4.79 Å². The Bertz CT molecular complexity index is 490. The van der Waals surface area contributed by atoms with Gasteiger partial charge in [0, 0.05) is 6.04 Å². The summed E-state index contributed by atoms with van der Waals surface area (Å²) in [5.41, 5.74) is 1.45. The summed E-state index contributed by atoms with van der Waals surface area (Å²) < 4.78 is 0. The third kappa shape index (κ3) is 14.4. The van der Waals surface area contributed by atoms with E-state index in [0.29, 0.717) is 6.04 Å². The quantitative estimate of drug-likeness (QED) is 0.331. The molecule has 1 atom stereocenters. The van der Waals surface area contributed by atoms with Gasteiger partial charge in [-0.05, 0) is 43.7 Å². The van der Waals surface area contributed by atoms with Gasteiger partial charge in [0.2, 0.25) is 5.91 Å². The maximum absolute atomic E-state index is 11.6. The van der Waals surface area contributed by atoms with E-state index in [1.807, 2.05) is 0 Å². The first-order valence-corrected chi connectivity index (χ1v) is 10.4. The molecule has 0 aliphatic rings. The van der Waals surface area contributed by atoms with Gasteiger partial charge in [-0.25, -0.2) is 0 Å². The topological polar surface area (TPSA) is 33.5 Å². The largest absolute Gasteiger partial charge is 1.00 e. The lowest BCUT2D eigenvalue weighted by molar-refractivity contribution is -0.858. The molecule has 0 aliphatic heterocycles. The number of halogens is 1. The number of rotatable bonds is 15. The molecule has 1 aromatic carbocycles. The number of amides is 1. The maximum atomic E-state index is 11.6. The van der Waals surface area contributed by atoms with Gasteiger partial charge in [0.15, 0.2) is 0 Å². The van der Waals surface area contributed by atoms with Gasteiger partial charge in [0.25, 0.3) is 0 Å². The zero-order valence-corrected chi connectivity index (χ0v) is 18.1. The summed E-state index contributed by atoms with van der Waals surface area (Å²) in [4.78, 5) is 13.1. The summed E-state index contributed by atoms with van der Waals surface area (Å²) in [5, 5.41) is 3.10. The van der Waals surface area contributed by atoms with Crippen LogP contribution in [0.4, 0.5) is 0 Å². The van der Waals surface area contributed by atoms with Crippen LogP contribution in [0.25, 0.3) is 0 Å². The second kappa shape index (κ2) is 16.8. The van der Waals surface area contributed by atoms with E-state index in [-0.39, 0.29) is 18.3 Å². The number of quaternary nitrogens is 1. The molecule has 0 aromatic heterocycles. The highest BCUT2D eigenvalue weighted by atomic mass is 35.5. The lowest BCUT2D eigenvalue weighted by Crippen LogP contribution is -3.05.